The molecular formula is C18H19NO2. The van der Waals surface area contributed by atoms with Crippen molar-refractivity contribution in [3.63, 3.8) is 0 Å². The lowest BCUT2D eigenvalue weighted by molar-refractivity contribution is 0.0698. The van der Waals surface area contributed by atoms with E-state index in [2.05, 4.69) is 30.4 Å². The molecule has 2 N–H and O–H groups in total. The second-order valence-electron chi connectivity index (χ2n) is 5.60. The van der Waals surface area contributed by atoms with Crippen LogP contribution in [-0.4, -0.2) is 11.1 Å². The fourth-order valence-electron chi connectivity index (χ4n) is 2.97. The van der Waals surface area contributed by atoms with Gasteiger partial charge in [-0.3, -0.25) is 0 Å². The first-order valence-corrected chi connectivity index (χ1v) is 7.35. The molecular weight excluding hydrogens is 262 g/mol. The molecule has 3 rings (SSSR count). The number of carboxylic acids is 1. The van der Waals surface area contributed by atoms with Crippen LogP contribution in [0.5, 0.6) is 0 Å². The van der Waals surface area contributed by atoms with Crippen LogP contribution < -0.4 is 5.32 Å². The third-order valence-corrected chi connectivity index (χ3v) is 4.15. The van der Waals surface area contributed by atoms with Gasteiger partial charge >= 0.3 is 5.97 Å². The first-order chi connectivity index (χ1) is 10.1. The second kappa shape index (κ2) is 5.60. The molecule has 3 nitrogen and oxygen atoms in total. The molecule has 0 saturated heterocycles. The van der Waals surface area contributed by atoms with Crippen molar-refractivity contribution in [1.29, 1.82) is 0 Å². The van der Waals surface area contributed by atoms with Crippen LogP contribution in [0.15, 0.2) is 42.5 Å². The maximum atomic E-state index is 11.3. The number of carboxylic acid groups (broad SMARTS) is 1. The standard InChI is InChI=1S/C18H19NO2/c1-12(14-10-9-13-5-4-6-15(13)11-14)19-17-8-3-2-7-16(17)18(20)21/h2-3,7-12,19H,4-6H2,1H3,(H,20,21). The molecule has 0 aliphatic heterocycles. The number of aromatic carboxylic acids is 1. The first kappa shape index (κ1) is 13.7. The summed E-state index contributed by atoms with van der Waals surface area (Å²) in [7, 11) is 0. The minimum Gasteiger partial charge on any atom is -0.478 e. The normalized spacial score (nSPS) is 14.5. The lowest BCUT2D eigenvalue weighted by Crippen LogP contribution is -2.11. The lowest BCUT2D eigenvalue weighted by Gasteiger charge is -2.18. The van der Waals surface area contributed by atoms with Crippen molar-refractivity contribution >= 4 is 11.7 Å². The molecule has 0 saturated carbocycles. The molecule has 0 amide bonds. The van der Waals surface area contributed by atoms with Crippen LogP contribution in [0.25, 0.3) is 0 Å². The summed E-state index contributed by atoms with van der Waals surface area (Å²) in [5.74, 6) is -0.903. The maximum absolute atomic E-state index is 11.3. The van der Waals surface area contributed by atoms with Gasteiger partial charge in [-0.2, -0.15) is 0 Å². The minimum atomic E-state index is -0.903. The summed E-state index contributed by atoms with van der Waals surface area (Å²) >= 11 is 0. The molecule has 0 heterocycles. The van der Waals surface area contributed by atoms with Crippen LogP contribution >= 0.6 is 0 Å². The highest BCUT2D eigenvalue weighted by Crippen LogP contribution is 2.27. The van der Waals surface area contributed by atoms with Gasteiger partial charge in [0, 0.05) is 11.7 Å². The van der Waals surface area contributed by atoms with Crippen molar-refractivity contribution in [2.75, 3.05) is 5.32 Å². The number of rotatable bonds is 4. The van der Waals surface area contributed by atoms with E-state index in [0.29, 0.717) is 11.3 Å². The zero-order valence-electron chi connectivity index (χ0n) is 12.1. The lowest BCUT2D eigenvalue weighted by atomic mass is 10.0. The molecule has 0 spiro atoms. The number of para-hydroxylation sites is 1. The van der Waals surface area contributed by atoms with Crippen molar-refractivity contribution in [2.45, 2.75) is 32.2 Å². The van der Waals surface area contributed by atoms with Crippen LogP contribution in [0.2, 0.25) is 0 Å². The predicted molar refractivity (Wildman–Crippen MR) is 83.9 cm³/mol. The monoisotopic (exact) mass is 281 g/mol. The van der Waals surface area contributed by atoms with E-state index < -0.39 is 5.97 Å². The quantitative estimate of drug-likeness (QED) is 0.889. The van der Waals surface area contributed by atoms with E-state index in [-0.39, 0.29) is 6.04 Å². The number of hydrogen-bond donors (Lipinski definition) is 2. The van der Waals surface area contributed by atoms with E-state index in [4.69, 9.17) is 0 Å². The van der Waals surface area contributed by atoms with Crippen molar-refractivity contribution in [3.05, 3.63) is 64.7 Å². The van der Waals surface area contributed by atoms with Crippen LogP contribution in [0.4, 0.5) is 5.69 Å². The topological polar surface area (TPSA) is 49.3 Å². The van der Waals surface area contributed by atoms with Crippen molar-refractivity contribution < 1.29 is 9.90 Å². The zero-order chi connectivity index (χ0) is 14.8. The summed E-state index contributed by atoms with van der Waals surface area (Å²) in [5, 5.41) is 12.6. The number of nitrogens with one attached hydrogen (secondary N) is 1. The van der Waals surface area contributed by atoms with Crippen molar-refractivity contribution in [2.24, 2.45) is 0 Å². The minimum absolute atomic E-state index is 0.0800. The Morgan fingerprint density at radius 3 is 2.71 bits per heavy atom. The van der Waals surface area contributed by atoms with E-state index in [9.17, 15) is 9.90 Å². The number of anilines is 1. The third-order valence-electron chi connectivity index (χ3n) is 4.15. The summed E-state index contributed by atoms with van der Waals surface area (Å²) in [4.78, 5) is 11.3. The molecule has 0 radical (unpaired) electrons. The van der Waals surface area contributed by atoms with Crippen molar-refractivity contribution in [3.8, 4) is 0 Å². The summed E-state index contributed by atoms with van der Waals surface area (Å²) < 4.78 is 0. The highest BCUT2D eigenvalue weighted by Gasteiger charge is 2.15. The Morgan fingerprint density at radius 2 is 1.90 bits per heavy atom. The molecule has 2 aromatic rings. The highest BCUT2D eigenvalue weighted by atomic mass is 16.4. The number of fused-ring (bicyclic) bond motifs is 1. The van der Waals surface area contributed by atoms with Gasteiger partial charge in [-0.25, -0.2) is 4.79 Å². The Labute approximate surface area is 124 Å². The zero-order valence-corrected chi connectivity index (χ0v) is 12.1. The van der Waals surface area contributed by atoms with Gasteiger partial charge in [0.15, 0.2) is 0 Å². The number of aryl methyl sites for hydroxylation is 2. The molecule has 21 heavy (non-hydrogen) atoms. The van der Waals surface area contributed by atoms with Gasteiger partial charge in [0.2, 0.25) is 0 Å². The fourth-order valence-corrected chi connectivity index (χ4v) is 2.97. The Balaban J connectivity index is 1.83. The number of carbonyl (C=O) groups is 1. The van der Waals surface area contributed by atoms with Gasteiger partial charge < -0.3 is 10.4 Å². The van der Waals surface area contributed by atoms with Gasteiger partial charge in [-0.05, 0) is 55.0 Å². The summed E-state index contributed by atoms with van der Waals surface area (Å²) in [6.07, 6.45) is 3.57. The molecule has 0 bridgehead atoms. The second-order valence-corrected chi connectivity index (χ2v) is 5.60. The largest absolute Gasteiger partial charge is 0.478 e. The SMILES string of the molecule is CC(Nc1ccccc1C(=O)O)c1ccc2c(c1)CCC2. The van der Waals surface area contributed by atoms with Gasteiger partial charge in [-0.1, -0.05) is 30.3 Å². The number of benzene rings is 2. The summed E-state index contributed by atoms with van der Waals surface area (Å²) in [6.45, 7) is 2.06. The van der Waals surface area contributed by atoms with E-state index in [1.165, 1.54) is 29.5 Å². The average molecular weight is 281 g/mol. The number of hydrogen-bond acceptors (Lipinski definition) is 2. The van der Waals surface area contributed by atoms with Gasteiger partial charge in [0.05, 0.1) is 5.56 Å². The van der Waals surface area contributed by atoms with E-state index in [1.807, 2.05) is 12.1 Å². The van der Waals surface area contributed by atoms with Crippen molar-refractivity contribution in [1.82, 2.24) is 0 Å². The summed E-state index contributed by atoms with van der Waals surface area (Å²) in [6, 6.07) is 13.7. The average Bonchev–Trinajstić information content (AvgIpc) is 2.94. The van der Waals surface area contributed by atoms with Gasteiger partial charge in [0.1, 0.15) is 0 Å². The molecule has 1 aliphatic carbocycles. The van der Waals surface area contributed by atoms with E-state index >= 15 is 0 Å². The van der Waals surface area contributed by atoms with Crippen LogP contribution in [0.3, 0.4) is 0 Å². The molecule has 0 aromatic heterocycles. The third kappa shape index (κ3) is 2.77. The predicted octanol–water partition coefficient (Wildman–Crippen LogP) is 4.05. The smallest absolute Gasteiger partial charge is 0.337 e. The van der Waals surface area contributed by atoms with Crippen LogP contribution in [0, 0.1) is 0 Å². The molecule has 3 heteroatoms. The molecule has 2 aromatic carbocycles. The van der Waals surface area contributed by atoms with Crippen LogP contribution in [-0.2, 0) is 12.8 Å². The molecule has 1 atom stereocenters. The fraction of sp³-hybridized carbons (Fsp3) is 0.278. The van der Waals surface area contributed by atoms with E-state index in [1.54, 1.807) is 12.1 Å². The first-order valence-electron chi connectivity index (χ1n) is 7.35. The molecule has 1 unspecified atom stereocenters. The highest BCUT2D eigenvalue weighted by molar-refractivity contribution is 5.94. The Kier molecular flexibility index (Phi) is 3.65. The Morgan fingerprint density at radius 1 is 1.14 bits per heavy atom. The Bertz CT molecular complexity index is 679. The molecule has 108 valence electrons. The van der Waals surface area contributed by atoms with Gasteiger partial charge in [-0.15, -0.1) is 0 Å². The summed E-state index contributed by atoms with van der Waals surface area (Å²) in [5.41, 5.74) is 5.07. The Hall–Kier alpha value is -2.29. The van der Waals surface area contributed by atoms with Crippen LogP contribution in [0.1, 0.15) is 46.4 Å². The molecule has 1 aliphatic rings. The van der Waals surface area contributed by atoms with E-state index in [0.717, 1.165) is 6.42 Å². The van der Waals surface area contributed by atoms with Gasteiger partial charge in [0.25, 0.3) is 0 Å². The maximum Gasteiger partial charge on any atom is 0.337 e. The molecule has 0 fully saturated rings.